The van der Waals surface area contributed by atoms with Gasteiger partial charge in [0.1, 0.15) is 11.8 Å². The number of nitrogens with zero attached hydrogens (tertiary/aromatic N) is 2. The topological polar surface area (TPSA) is 61.3 Å². The average Bonchev–Trinajstić information content (AvgIpc) is 2.23. The Balaban J connectivity index is 2.36. The molecule has 0 N–H and O–H groups in total. The summed E-state index contributed by atoms with van der Waals surface area (Å²) in [4.78, 5) is 19.0. The van der Waals surface area contributed by atoms with E-state index in [1.54, 1.807) is 0 Å². The Morgan fingerprint density at radius 2 is 2.06 bits per heavy atom. The molecule has 94 valence electrons. The molecule has 5 nitrogen and oxygen atoms in total. The molecule has 0 amide bonds. The minimum atomic E-state index is -0.558. The maximum absolute atomic E-state index is 11.5. The Hall–Kier alpha value is -1.20. The van der Waals surface area contributed by atoms with Gasteiger partial charge in [-0.05, 0) is 20.8 Å². The Morgan fingerprint density at radius 1 is 1.35 bits per heavy atom. The fourth-order valence-corrected chi connectivity index (χ4v) is 1.14. The summed E-state index contributed by atoms with van der Waals surface area (Å²) in [7, 11) is 0. The van der Waals surface area contributed by atoms with Gasteiger partial charge < -0.3 is 9.47 Å². The van der Waals surface area contributed by atoms with Gasteiger partial charge in [-0.1, -0.05) is 11.6 Å². The molecule has 0 aromatic carbocycles. The van der Waals surface area contributed by atoms with E-state index in [0.29, 0.717) is 6.61 Å². The van der Waals surface area contributed by atoms with Crippen molar-refractivity contribution >= 4 is 17.6 Å². The average molecular weight is 259 g/mol. The van der Waals surface area contributed by atoms with E-state index in [9.17, 15) is 4.79 Å². The summed E-state index contributed by atoms with van der Waals surface area (Å²) in [6.45, 7) is 6.29. The van der Waals surface area contributed by atoms with Crippen LogP contribution >= 0.6 is 11.6 Å². The fraction of sp³-hybridized carbons (Fsp3) is 0.545. The van der Waals surface area contributed by atoms with Crippen LogP contribution in [0.25, 0.3) is 0 Å². The second-order valence-electron chi connectivity index (χ2n) is 4.32. The van der Waals surface area contributed by atoms with Crippen molar-refractivity contribution in [2.75, 3.05) is 13.2 Å². The van der Waals surface area contributed by atoms with Crippen molar-refractivity contribution in [1.29, 1.82) is 0 Å². The van der Waals surface area contributed by atoms with Gasteiger partial charge in [0, 0.05) is 0 Å². The minimum Gasteiger partial charge on any atom is -0.458 e. The highest BCUT2D eigenvalue weighted by Gasteiger charge is 2.12. The predicted molar refractivity (Wildman–Crippen MR) is 63.0 cm³/mol. The molecule has 0 bridgehead atoms. The number of hydrogen-bond acceptors (Lipinski definition) is 5. The lowest BCUT2D eigenvalue weighted by Crippen LogP contribution is -2.22. The summed E-state index contributed by atoms with van der Waals surface area (Å²) < 4.78 is 10.4. The first-order valence-electron chi connectivity index (χ1n) is 5.17. The zero-order valence-corrected chi connectivity index (χ0v) is 10.8. The van der Waals surface area contributed by atoms with Gasteiger partial charge in [-0.3, -0.25) is 4.98 Å². The van der Waals surface area contributed by atoms with E-state index in [2.05, 4.69) is 9.97 Å². The van der Waals surface area contributed by atoms with E-state index in [0.717, 1.165) is 0 Å². The van der Waals surface area contributed by atoms with Crippen molar-refractivity contribution in [3.63, 3.8) is 0 Å². The third-order valence-corrected chi connectivity index (χ3v) is 1.85. The smallest absolute Gasteiger partial charge is 0.358 e. The molecule has 1 aromatic heterocycles. The summed E-state index contributed by atoms with van der Waals surface area (Å²) in [5.41, 5.74) is -0.157. The SMILES string of the molecule is CC(C)(C)OCCOC(=O)c1cncc(Cl)n1. The summed E-state index contributed by atoms with van der Waals surface area (Å²) in [6.07, 6.45) is 2.65. The van der Waals surface area contributed by atoms with Crippen LogP contribution in [-0.2, 0) is 9.47 Å². The van der Waals surface area contributed by atoms with Gasteiger partial charge in [0.15, 0.2) is 5.69 Å². The van der Waals surface area contributed by atoms with E-state index >= 15 is 0 Å². The normalized spacial score (nSPS) is 11.3. The number of carbonyl (C=O) groups excluding carboxylic acids is 1. The van der Waals surface area contributed by atoms with Crippen molar-refractivity contribution in [2.24, 2.45) is 0 Å². The third-order valence-electron chi connectivity index (χ3n) is 1.67. The third kappa shape index (κ3) is 5.60. The fourth-order valence-electron chi connectivity index (χ4n) is 0.997. The maximum Gasteiger partial charge on any atom is 0.358 e. The number of hydrogen-bond donors (Lipinski definition) is 0. The standard InChI is InChI=1S/C11H15ClN2O3/c1-11(2,3)17-5-4-16-10(15)8-6-13-7-9(12)14-8/h6-7H,4-5H2,1-3H3. The van der Waals surface area contributed by atoms with Crippen LogP contribution in [0.2, 0.25) is 5.15 Å². The highest BCUT2D eigenvalue weighted by atomic mass is 35.5. The molecule has 0 radical (unpaired) electrons. The van der Waals surface area contributed by atoms with Crippen LogP contribution in [0.1, 0.15) is 31.3 Å². The zero-order valence-electron chi connectivity index (χ0n) is 10.1. The lowest BCUT2D eigenvalue weighted by Gasteiger charge is -2.19. The largest absolute Gasteiger partial charge is 0.458 e. The monoisotopic (exact) mass is 258 g/mol. The van der Waals surface area contributed by atoms with Gasteiger partial charge in [-0.15, -0.1) is 0 Å². The molecule has 0 aliphatic heterocycles. The molecule has 1 rings (SSSR count). The van der Waals surface area contributed by atoms with Crippen molar-refractivity contribution in [2.45, 2.75) is 26.4 Å². The first-order chi connectivity index (χ1) is 7.88. The van der Waals surface area contributed by atoms with Gasteiger partial charge >= 0.3 is 5.97 Å². The van der Waals surface area contributed by atoms with Gasteiger partial charge in [-0.2, -0.15) is 0 Å². The van der Waals surface area contributed by atoms with Crippen LogP contribution in [0.3, 0.4) is 0 Å². The van der Waals surface area contributed by atoms with Gasteiger partial charge in [-0.25, -0.2) is 9.78 Å². The second kappa shape index (κ2) is 5.93. The van der Waals surface area contributed by atoms with Gasteiger partial charge in [0.25, 0.3) is 0 Å². The van der Waals surface area contributed by atoms with E-state index < -0.39 is 5.97 Å². The van der Waals surface area contributed by atoms with E-state index in [1.165, 1.54) is 12.4 Å². The van der Waals surface area contributed by atoms with Crippen LogP contribution < -0.4 is 0 Å². The molecule has 17 heavy (non-hydrogen) atoms. The Kier molecular flexibility index (Phi) is 4.84. The first-order valence-corrected chi connectivity index (χ1v) is 5.55. The number of ether oxygens (including phenoxy) is 2. The van der Waals surface area contributed by atoms with Crippen LogP contribution in [0, 0.1) is 0 Å². The molecule has 0 atom stereocenters. The molecule has 6 heteroatoms. The number of rotatable bonds is 4. The maximum atomic E-state index is 11.5. The molecular formula is C11H15ClN2O3. The van der Waals surface area contributed by atoms with Crippen LogP contribution in [-0.4, -0.2) is 34.8 Å². The number of carbonyl (C=O) groups is 1. The molecule has 1 aromatic rings. The molecule has 0 saturated carbocycles. The second-order valence-corrected chi connectivity index (χ2v) is 4.71. The molecule has 0 aliphatic rings. The number of halogens is 1. The molecule has 0 spiro atoms. The highest BCUT2D eigenvalue weighted by Crippen LogP contribution is 2.07. The molecular weight excluding hydrogens is 244 g/mol. The number of aromatic nitrogens is 2. The van der Waals surface area contributed by atoms with E-state index in [-0.39, 0.29) is 23.1 Å². The van der Waals surface area contributed by atoms with Crippen molar-refractivity contribution in [3.8, 4) is 0 Å². The van der Waals surface area contributed by atoms with Crippen LogP contribution in [0.4, 0.5) is 0 Å². The summed E-state index contributed by atoms with van der Waals surface area (Å²) >= 11 is 5.60. The summed E-state index contributed by atoms with van der Waals surface area (Å²) in [5, 5.41) is 0.158. The molecule has 0 fully saturated rings. The van der Waals surface area contributed by atoms with E-state index in [1.807, 2.05) is 20.8 Å². The van der Waals surface area contributed by atoms with Crippen molar-refractivity contribution in [3.05, 3.63) is 23.2 Å². The minimum absolute atomic E-state index is 0.0910. The molecule has 0 aliphatic carbocycles. The molecule has 0 saturated heterocycles. The van der Waals surface area contributed by atoms with Crippen LogP contribution in [0.15, 0.2) is 12.4 Å². The van der Waals surface area contributed by atoms with E-state index in [4.69, 9.17) is 21.1 Å². The van der Waals surface area contributed by atoms with Crippen LogP contribution in [0.5, 0.6) is 0 Å². The predicted octanol–water partition coefficient (Wildman–Crippen LogP) is 2.10. The number of esters is 1. The van der Waals surface area contributed by atoms with Crippen molar-refractivity contribution in [1.82, 2.24) is 9.97 Å². The summed E-state index contributed by atoms with van der Waals surface area (Å²) in [6, 6.07) is 0. The lowest BCUT2D eigenvalue weighted by molar-refractivity contribution is -0.0283. The molecule has 0 unspecified atom stereocenters. The molecule has 1 heterocycles. The quantitative estimate of drug-likeness (QED) is 0.611. The Morgan fingerprint density at radius 3 is 2.65 bits per heavy atom. The zero-order chi connectivity index (χ0) is 12.9. The highest BCUT2D eigenvalue weighted by molar-refractivity contribution is 6.29. The Labute approximate surface area is 105 Å². The first kappa shape index (κ1) is 13.9. The van der Waals surface area contributed by atoms with Crippen molar-refractivity contribution < 1.29 is 14.3 Å². The lowest BCUT2D eigenvalue weighted by atomic mass is 10.2. The Bertz CT molecular complexity index is 391. The van der Waals surface area contributed by atoms with Gasteiger partial charge in [0.05, 0.1) is 24.6 Å². The van der Waals surface area contributed by atoms with Gasteiger partial charge in [0.2, 0.25) is 0 Å². The summed E-state index contributed by atoms with van der Waals surface area (Å²) in [5.74, 6) is -0.558.